The molecule has 20 heavy (non-hydrogen) atoms. The average Bonchev–Trinajstić information content (AvgIpc) is 2.43. The summed E-state index contributed by atoms with van der Waals surface area (Å²) in [5, 5.41) is 10.6. The molecule has 0 fully saturated rings. The Hall–Kier alpha value is -2.90. The predicted octanol–water partition coefficient (Wildman–Crippen LogP) is 0.813. The maximum atomic E-state index is 11.4. The largest absolute Gasteiger partial charge is 0.492 e. The molecule has 2 rings (SSSR count). The van der Waals surface area contributed by atoms with E-state index in [1.165, 1.54) is 0 Å². The van der Waals surface area contributed by atoms with Crippen molar-refractivity contribution in [3.63, 3.8) is 0 Å². The highest BCUT2D eigenvalue weighted by atomic mass is 16.6. The van der Waals surface area contributed by atoms with Crippen LogP contribution < -0.4 is 16.2 Å². The molecule has 2 N–H and O–H groups in total. The van der Waals surface area contributed by atoms with Gasteiger partial charge in [-0.3, -0.25) is 14.7 Å². The molecule has 0 radical (unpaired) electrons. The SMILES string of the molecule is Nc1ccc(OCCn2cc([N+](=O)[O-])cnc2=O)cc1. The minimum Gasteiger partial charge on any atom is -0.492 e. The molecule has 1 aromatic carbocycles. The van der Waals surface area contributed by atoms with Gasteiger partial charge in [0.25, 0.3) is 0 Å². The number of rotatable bonds is 5. The summed E-state index contributed by atoms with van der Waals surface area (Å²) in [7, 11) is 0. The van der Waals surface area contributed by atoms with E-state index in [4.69, 9.17) is 10.5 Å². The van der Waals surface area contributed by atoms with E-state index in [0.29, 0.717) is 11.4 Å². The van der Waals surface area contributed by atoms with Crippen LogP contribution in [0.3, 0.4) is 0 Å². The number of hydrogen-bond donors (Lipinski definition) is 1. The van der Waals surface area contributed by atoms with Gasteiger partial charge in [0.15, 0.2) is 0 Å². The van der Waals surface area contributed by atoms with Crippen molar-refractivity contribution in [3.8, 4) is 5.75 Å². The van der Waals surface area contributed by atoms with Gasteiger partial charge in [0.05, 0.1) is 17.7 Å². The summed E-state index contributed by atoms with van der Waals surface area (Å²) in [6.07, 6.45) is 2.07. The van der Waals surface area contributed by atoms with Crippen LogP contribution >= 0.6 is 0 Å². The number of nitrogens with zero attached hydrogens (tertiary/aromatic N) is 3. The third-order valence-corrected chi connectivity index (χ3v) is 2.53. The molecule has 0 aliphatic rings. The number of hydrogen-bond acceptors (Lipinski definition) is 6. The van der Waals surface area contributed by atoms with E-state index in [-0.39, 0.29) is 18.8 Å². The van der Waals surface area contributed by atoms with E-state index in [2.05, 4.69) is 4.98 Å². The van der Waals surface area contributed by atoms with Gasteiger partial charge in [0.1, 0.15) is 18.6 Å². The van der Waals surface area contributed by atoms with Gasteiger partial charge in [0.2, 0.25) is 0 Å². The predicted molar refractivity (Wildman–Crippen MR) is 71.5 cm³/mol. The van der Waals surface area contributed by atoms with Crippen LogP contribution in [0.15, 0.2) is 41.5 Å². The molecule has 0 saturated heterocycles. The Bertz CT molecular complexity index is 666. The number of nitro groups is 1. The maximum absolute atomic E-state index is 11.4. The summed E-state index contributed by atoms with van der Waals surface area (Å²) < 4.78 is 6.54. The fourth-order valence-corrected chi connectivity index (χ4v) is 1.52. The molecule has 1 heterocycles. The summed E-state index contributed by atoms with van der Waals surface area (Å²) in [4.78, 5) is 24.9. The van der Waals surface area contributed by atoms with Gasteiger partial charge in [-0.2, -0.15) is 4.98 Å². The van der Waals surface area contributed by atoms with Crippen LogP contribution in [0, 0.1) is 10.1 Å². The van der Waals surface area contributed by atoms with Gasteiger partial charge in [-0.05, 0) is 24.3 Å². The highest BCUT2D eigenvalue weighted by Crippen LogP contribution is 2.13. The molecule has 0 aliphatic carbocycles. The lowest BCUT2D eigenvalue weighted by atomic mass is 10.3. The molecule has 1 aromatic heterocycles. The standard InChI is InChI=1S/C12H12N4O4/c13-9-1-3-11(4-2-9)20-6-5-15-8-10(16(18)19)7-14-12(15)17/h1-4,7-8H,5-6,13H2. The molecule has 0 saturated carbocycles. The molecule has 104 valence electrons. The normalized spacial score (nSPS) is 10.2. The second-order valence-corrected chi connectivity index (χ2v) is 3.96. The molecule has 0 bridgehead atoms. The highest BCUT2D eigenvalue weighted by molar-refractivity contribution is 5.41. The summed E-state index contributed by atoms with van der Waals surface area (Å²) >= 11 is 0. The summed E-state index contributed by atoms with van der Waals surface area (Å²) in [5.74, 6) is 0.602. The average molecular weight is 276 g/mol. The first-order chi connectivity index (χ1) is 9.56. The van der Waals surface area contributed by atoms with Crippen LogP contribution in [-0.4, -0.2) is 21.1 Å². The van der Waals surface area contributed by atoms with Crippen LogP contribution in [-0.2, 0) is 6.54 Å². The Kier molecular flexibility index (Phi) is 3.94. The van der Waals surface area contributed by atoms with E-state index in [1.54, 1.807) is 24.3 Å². The van der Waals surface area contributed by atoms with Crippen molar-refractivity contribution in [1.82, 2.24) is 9.55 Å². The van der Waals surface area contributed by atoms with Crippen molar-refractivity contribution in [1.29, 1.82) is 0 Å². The Morgan fingerprint density at radius 1 is 1.35 bits per heavy atom. The second-order valence-electron chi connectivity index (χ2n) is 3.96. The second kappa shape index (κ2) is 5.83. The number of benzene rings is 1. The molecule has 0 amide bonds. The van der Waals surface area contributed by atoms with Crippen LogP contribution in [0.1, 0.15) is 0 Å². The Morgan fingerprint density at radius 3 is 2.70 bits per heavy atom. The maximum Gasteiger partial charge on any atom is 0.348 e. The topological polar surface area (TPSA) is 113 Å². The molecule has 0 unspecified atom stereocenters. The fourth-order valence-electron chi connectivity index (χ4n) is 1.52. The van der Waals surface area contributed by atoms with E-state index < -0.39 is 10.6 Å². The highest BCUT2D eigenvalue weighted by Gasteiger charge is 2.08. The lowest BCUT2D eigenvalue weighted by molar-refractivity contribution is -0.385. The van der Waals surface area contributed by atoms with Gasteiger partial charge in [0, 0.05) is 5.69 Å². The monoisotopic (exact) mass is 276 g/mol. The zero-order valence-corrected chi connectivity index (χ0v) is 10.4. The van der Waals surface area contributed by atoms with Crippen molar-refractivity contribution in [2.24, 2.45) is 0 Å². The molecule has 2 aromatic rings. The molecular formula is C12H12N4O4. The minimum absolute atomic E-state index is 0.165. The van der Waals surface area contributed by atoms with Gasteiger partial charge in [-0.15, -0.1) is 0 Å². The van der Waals surface area contributed by atoms with Crippen molar-refractivity contribution < 1.29 is 9.66 Å². The van der Waals surface area contributed by atoms with Crippen LogP contribution in [0.25, 0.3) is 0 Å². The summed E-state index contributed by atoms with van der Waals surface area (Å²) in [6.45, 7) is 0.352. The zero-order valence-electron chi connectivity index (χ0n) is 10.4. The zero-order chi connectivity index (χ0) is 14.5. The van der Waals surface area contributed by atoms with Crippen LogP contribution in [0.2, 0.25) is 0 Å². The van der Waals surface area contributed by atoms with Gasteiger partial charge < -0.3 is 10.5 Å². The first-order valence-corrected chi connectivity index (χ1v) is 5.75. The summed E-state index contributed by atoms with van der Waals surface area (Å²) in [6, 6.07) is 6.78. The number of ether oxygens (including phenoxy) is 1. The van der Waals surface area contributed by atoms with Crippen LogP contribution in [0.5, 0.6) is 5.75 Å². The number of nitrogens with two attached hydrogens (primary N) is 1. The van der Waals surface area contributed by atoms with E-state index in [1.807, 2.05) is 0 Å². The first kappa shape index (κ1) is 13.5. The quantitative estimate of drug-likeness (QED) is 0.491. The van der Waals surface area contributed by atoms with Crippen LogP contribution in [0.4, 0.5) is 11.4 Å². The van der Waals surface area contributed by atoms with Crippen molar-refractivity contribution >= 4 is 11.4 Å². The Morgan fingerprint density at radius 2 is 2.05 bits per heavy atom. The number of nitrogen functional groups attached to an aromatic ring is 1. The molecule has 0 spiro atoms. The lowest BCUT2D eigenvalue weighted by Crippen LogP contribution is -2.25. The molecule has 8 heteroatoms. The lowest BCUT2D eigenvalue weighted by Gasteiger charge is -2.07. The van der Waals surface area contributed by atoms with Gasteiger partial charge in [-0.25, -0.2) is 4.79 Å². The number of anilines is 1. The first-order valence-electron chi connectivity index (χ1n) is 5.75. The van der Waals surface area contributed by atoms with E-state index in [9.17, 15) is 14.9 Å². The number of aromatic nitrogens is 2. The van der Waals surface area contributed by atoms with Crippen molar-refractivity contribution in [2.45, 2.75) is 6.54 Å². The molecule has 0 aliphatic heterocycles. The van der Waals surface area contributed by atoms with E-state index in [0.717, 1.165) is 17.0 Å². The third kappa shape index (κ3) is 3.31. The smallest absolute Gasteiger partial charge is 0.348 e. The van der Waals surface area contributed by atoms with Crippen molar-refractivity contribution in [2.75, 3.05) is 12.3 Å². The molecular weight excluding hydrogens is 264 g/mol. The Labute approximate surface area is 113 Å². The van der Waals surface area contributed by atoms with Gasteiger partial charge in [-0.1, -0.05) is 0 Å². The third-order valence-electron chi connectivity index (χ3n) is 2.53. The minimum atomic E-state index is -0.607. The Balaban J connectivity index is 2.00. The van der Waals surface area contributed by atoms with Crippen molar-refractivity contribution in [3.05, 3.63) is 57.3 Å². The molecule has 8 nitrogen and oxygen atoms in total. The van der Waals surface area contributed by atoms with E-state index >= 15 is 0 Å². The fraction of sp³-hybridized carbons (Fsp3) is 0.167. The van der Waals surface area contributed by atoms with Gasteiger partial charge >= 0.3 is 11.4 Å². The molecule has 0 atom stereocenters. The summed E-state index contributed by atoms with van der Waals surface area (Å²) in [5.41, 5.74) is 5.36.